The molecule has 0 aliphatic carbocycles. The minimum atomic E-state index is -0.469. The first-order valence-corrected chi connectivity index (χ1v) is 7.98. The van der Waals surface area contributed by atoms with E-state index in [2.05, 4.69) is 17.9 Å². The number of ether oxygens (including phenoxy) is 2. The van der Waals surface area contributed by atoms with Crippen LogP contribution >= 0.6 is 0 Å². The lowest BCUT2D eigenvalue weighted by atomic mass is 10.0. The van der Waals surface area contributed by atoms with E-state index >= 15 is 0 Å². The molecule has 1 aliphatic heterocycles. The van der Waals surface area contributed by atoms with E-state index in [1.807, 2.05) is 37.3 Å². The molecule has 0 aromatic heterocycles. The lowest BCUT2D eigenvalue weighted by Crippen LogP contribution is -2.30. The van der Waals surface area contributed by atoms with Gasteiger partial charge in [0.1, 0.15) is 5.82 Å². The van der Waals surface area contributed by atoms with Gasteiger partial charge in [-0.1, -0.05) is 42.3 Å². The van der Waals surface area contributed by atoms with Crippen molar-refractivity contribution in [2.24, 2.45) is 5.92 Å². The summed E-state index contributed by atoms with van der Waals surface area (Å²) in [4.78, 5) is 0. The summed E-state index contributed by atoms with van der Waals surface area (Å²) in [6, 6.07) is 14.3. The maximum absolute atomic E-state index is 13.0. The fourth-order valence-electron chi connectivity index (χ4n) is 2.52. The first-order chi connectivity index (χ1) is 11.7. The van der Waals surface area contributed by atoms with E-state index in [-0.39, 0.29) is 5.82 Å². The summed E-state index contributed by atoms with van der Waals surface area (Å²) in [6.45, 7) is 3.25. The third-order valence-electron chi connectivity index (χ3n) is 3.78. The summed E-state index contributed by atoms with van der Waals surface area (Å²) in [5.74, 6) is 6.15. The molecule has 1 aliphatic rings. The average molecular weight is 322 g/mol. The van der Waals surface area contributed by atoms with Gasteiger partial charge in [-0.25, -0.2) is 4.39 Å². The molecule has 2 nitrogen and oxygen atoms in total. The van der Waals surface area contributed by atoms with Crippen molar-refractivity contribution < 1.29 is 13.9 Å². The van der Waals surface area contributed by atoms with Crippen molar-refractivity contribution in [3.63, 3.8) is 0 Å². The molecule has 3 rings (SSSR count). The SMILES string of the molecule is CC=CC1COC(C#Cc2ccc(-c3ccc(F)cc3)cc2)OC1. The van der Waals surface area contributed by atoms with Gasteiger partial charge in [-0.2, -0.15) is 0 Å². The van der Waals surface area contributed by atoms with Gasteiger partial charge in [-0.3, -0.25) is 0 Å². The number of rotatable bonds is 2. The van der Waals surface area contributed by atoms with Crippen molar-refractivity contribution in [2.45, 2.75) is 13.2 Å². The molecule has 3 heteroatoms. The minimum Gasteiger partial charge on any atom is -0.341 e. The second-order valence-electron chi connectivity index (χ2n) is 5.64. The fraction of sp³-hybridized carbons (Fsp3) is 0.238. The molecule has 0 radical (unpaired) electrons. The van der Waals surface area contributed by atoms with Crippen LogP contribution in [0.2, 0.25) is 0 Å². The lowest BCUT2D eigenvalue weighted by Gasteiger charge is -2.24. The zero-order valence-electron chi connectivity index (χ0n) is 13.5. The van der Waals surface area contributed by atoms with Gasteiger partial charge in [-0.15, -0.1) is 0 Å². The van der Waals surface area contributed by atoms with E-state index in [1.54, 1.807) is 12.1 Å². The molecule has 0 saturated carbocycles. The minimum absolute atomic E-state index is 0.231. The van der Waals surface area contributed by atoms with Crippen LogP contribution < -0.4 is 0 Å². The average Bonchev–Trinajstić information content (AvgIpc) is 2.63. The van der Waals surface area contributed by atoms with Crippen molar-refractivity contribution in [2.75, 3.05) is 13.2 Å². The molecule has 24 heavy (non-hydrogen) atoms. The Bertz CT molecular complexity index is 743. The predicted molar refractivity (Wildman–Crippen MR) is 92.7 cm³/mol. The molecule has 0 amide bonds. The van der Waals surface area contributed by atoms with Crippen LogP contribution in [0.15, 0.2) is 60.7 Å². The smallest absolute Gasteiger partial charge is 0.222 e. The predicted octanol–water partition coefficient (Wildman–Crippen LogP) is 4.41. The van der Waals surface area contributed by atoms with Crippen LogP contribution in [0.3, 0.4) is 0 Å². The van der Waals surface area contributed by atoms with Crippen LogP contribution in [0, 0.1) is 23.6 Å². The number of halogens is 1. The van der Waals surface area contributed by atoms with Gasteiger partial charge in [0.15, 0.2) is 0 Å². The molecule has 122 valence electrons. The Kier molecular flexibility index (Phi) is 5.43. The molecule has 1 saturated heterocycles. The zero-order chi connectivity index (χ0) is 16.8. The summed E-state index contributed by atoms with van der Waals surface area (Å²) in [7, 11) is 0. The maximum atomic E-state index is 13.0. The Balaban J connectivity index is 1.62. The van der Waals surface area contributed by atoms with Gasteiger partial charge in [0.05, 0.1) is 13.2 Å². The molecular formula is C21H19FO2. The largest absolute Gasteiger partial charge is 0.341 e. The van der Waals surface area contributed by atoms with Gasteiger partial charge < -0.3 is 9.47 Å². The first kappa shape index (κ1) is 16.4. The molecular weight excluding hydrogens is 303 g/mol. The van der Waals surface area contributed by atoms with Gasteiger partial charge in [0, 0.05) is 11.5 Å². The molecule has 0 atom stereocenters. The third kappa shape index (κ3) is 4.32. The third-order valence-corrected chi connectivity index (χ3v) is 3.78. The van der Waals surface area contributed by atoms with Gasteiger partial charge in [-0.05, 0) is 48.2 Å². The Hall–Kier alpha value is -2.41. The summed E-state index contributed by atoms with van der Waals surface area (Å²) in [6.07, 6.45) is 3.62. The molecule has 2 aromatic carbocycles. The molecule has 0 N–H and O–H groups in total. The Morgan fingerprint density at radius 1 is 0.958 bits per heavy atom. The van der Waals surface area contributed by atoms with Crippen LogP contribution in [-0.2, 0) is 9.47 Å². The molecule has 0 spiro atoms. The van der Waals surface area contributed by atoms with Crippen molar-refractivity contribution in [3.05, 3.63) is 72.1 Å². The van der Waals surface area contributed by atoms with Gasteiger partial charge in [0.2, 0.25) is 6.29 Å². The highest BCUT2D eigenvalue weighted by atomic mass is 19.1. The Morgan fingerprint density at radius 3 is 2.12 bits per heavy atom. The van der Waals surface area contributed by atoms with Crippen LogP contribution in [0.25, 0.3) is 11.1 Å². The summed E-state index contributed by atoms with van der Waals surface area (Å²) < 4.78 is 24.1. The van der Waals surface area contributed by atoms with Gasteiger partial charge in [0.25, 0.3) is 0 Å². The first-order valence-electron chi connectivity index (χ1n) is 7.98. The molecule has 0 bridgehead atoms. The molecule has 2 aromatic rings. The second-order valence-corrected chi connectivity index (χ2v) is 5.64. The van der Waals surface area contributed by atoms with Crippen LogP contribution in [0.1, 0.15) is 12.5 Å². The van der Waals surface area contributed by atoms with E-state index in [0.717, 1.165) is 16.7 Å². The number of benzene rings is 2. The van der Waals surface area contributed by atoms with Gasteiger partial charge >= 0.3 is 0 Å². The quantitative estimate of drug-likeness (QED) is 0.602. The highest BCUT2D eigenvalue weighted by molar-refractivity contribution is 5.64. The van der Waals surface area contributed by atoms with Crippen LogP contribution in [0.5, 0.6) is 0 Å². The summed E-state index contributed by atoms with van der Waals surface area (Å²) >= 11 is 0. The Labute approximate surface area is 141 Å². The van der Waals surface area contributed by atoms with E-state index in [1.165, 1.54) is 12.1 Å². The second kappa shape index (κ2) is 7.92. The fourth-order valence-corrected chi connectivity index (χ4v) is 2.52. The molecule has 1 heterocycles. The highest BCUT2D eigenvalue weighted by Gasteiger charge is 2.18. The zero-order valence-corrected chi connectivity index (χ0v) is 13.5. The van der Waals surface area contributed by atoms with Crippen molar-refractivity contribution in [1.29, 1.82) is 0 Å². The van der Waals surface area contributed by atoms with Crippen LogP contribution in [-0.4, -0.2) is 19.5 Å². The maximum Gasteiger partial charge on any atom is 0.222 e. The van der Waals surface area contributed by atoms with E-state index in [4.69, 9.17) is 9.47 Å². The van der Waals surface area contributed by atoms with Crippen LogP contribution in [0.4, 0.5) is 4.39 Å². The molecule has 0 unspecified atom stereocenters. The Morgan fingerprint density at radius 2 is 1.54 bits per heavy atom. The summed E-state index contributed by atoms with van der Waals surface area (Å²) in [5.41, 5.74) is 2.90. The topological polar surface area (TPSA) is 18.5 Å². The lowest BCUT2D eigenvalue weighted by molar-refractivity contribution is -0.160. The highest BCUT2D eigenvalue weighted by Crippen LogP contribution is 2.20. The van der Waals surface area contributed by atoms with Crippen molar-refractivity contribution in [1.82, 2.24) is 0 Å². The standard InChI is InChI=1S/C21H19FO2/c1-2-3-17-14-23-21(24-15-17)13-6-16-4-7-18(8-5-16)19-9-11-20(22)12-10-19/h2-5,7-12,17,21H,14-15H2,1H3. The normalized spacial score (nSPS) is 20.6. The molecule has 1 fully saturated rings. The monoisotopic (exact) mass is 322 g/mol. The number of hydrogen-bond acceptors (Lipinski definition) is 2. The summed E-state index contributed by atoms with van der Waals surface area (Å²) in [5, 5.41) is 0. The van der Waals surface area contributed by atoms with E-state index < -0.39 is 6.29 Å². The van der Waals surface area contributed by atoms with E-state index in [9.17, 15) is 4.39 Å². The van der Waals surface area contributed by atoms with Crippen molar-refractivity contribution >= 4 is 0 Å². The van der Waals surface area contributed by atoms with Crippen molar-refractivity contribution in [3.8, 4) is 23.0 Å². The van der Waals surface area contributed by atoms with E-state index in [0.29, 0.717) is 19.1 Å². The number of allylic oxidation sites excluding steroid dienone is 1. The number of hydrogen-bond donors (Lipinski definition) is 0.